The Bertz CT molecular complexity index is 3220. The fourth-order valence-corrected chi connectivity index (χ4v) is 9.45. The molecule has 2 heterocycles. The number of hydrogen-bond acceptors (Lipinski definition) is 3. The van der Waals surface area contributed by atoms with Gasteiger partial charge in [0.2, 0.25) is 0 Å². The van der Waals surface area contributed by atoms with Crippen LogP contribution in [0.4, 0.5) is 17.1 Å². The van der Waals surface area contributed by atoms with E-state index in [0.717, 1.165) is 44.6 Å². The average Bonchev–Trinajstić information content (AvgIpc) is 3.82. The van der Waals surface area contributed by atoms with Crippen LogP contribution in [0.25, 0.3) is 86.3 Å². The Morgan fingerprint density at radius 1 is 0.364 bits per heavy atom. The van der Waals surface area contributed by atoms with Crippen molar-refractivity contribution in [3.05, 3.63) is 200 Å². The quantitative estimate of drug-likeness (QED) is 0.170. The Labute approximate surface area is 322 Å². The molecule has 9 aromatic carbocycles. The van der Waals surface area contributed by atoms with Crippen molar-refractivity contribution in [2.75, 3.05) is 4.90 Å². The van der Waals surface area contributed by atoms with Crippen molar-refractivity contribution in [2.24, 2.45) is 0 Å². The summed E-state index contributed by atoms with van der Waals surface area (Å²) in [5.41, 5.74) is 12.1. The molecular weight excluding hydrogens is 687 g/mol. The second-order valence-corrected chi connectivity index (χ2v) is 15.1. The highest BCUT2D eigenvalue weighted by Gasteiger charge is 2.21. The third-order valence-electron chi connectivity index (χ3n) is 10.9. The van der Waals surface area contributed by atoms with E-state index >= 15 is 0 Å². The summed E-state index contributed by atoms with van der Waals surface area (Å²) in [5.74, 6) is 0. The first kappa shape index (κ1) is 31.6. The Morgan fingerprint density at radius 3 is 1.93 bits per heavy atom. The molecule has 258 valence electrons. The zero-order chi connectivity index (χ0) is 36.3. The van der Waals surface area contributed by atoms with Crippen LogP contribution >= 0.6 is 11.3 Å². The average molecular weight is 720 g/mol. The Balaban J connectivity index is 1.08. The summed E-state index contributed by atoms with van der Waals surface area (Å²) in [6, 6.07) is 72.2. The molecule has 2 aromatic heterocycles. The normalized spacial score (nSPS) is 11.6. The smallest absolute Gasteiger partial charge is 0.137 e. The molecule has 0 aliphatic carbocycles. The molecule has 0 atom stereocenters. The fourth-order valence-electron chi connectivity index (χ4n) is 8.32. The lowest BCUT2D eigenvalue weighted by Crippen LogP contribution is -2.11. The van der Waals surface area contributed by atoms with Gasteiger partial charge in [-0.25, -0.2) is 0 Å². The molecule has 2 nitrogen and oxygen atoms in total. The van der Waals surface area contributed by atoms with E-state index in [1.54, 1.807) is 0 Å². The number of fused-ring (bicyclic) bond motifs is 7. The predicted molar refractivity (Wildman–Crippen MR) is 235 cm³/mol. The molecule has 0 saturated carbocycles. The molecule has 3 heteroatoms. The molecule has 0 fully saturated rings. The minimum Gasteiger partial charge on any atom is -0.456 e. The molecule has 55 heavy (non-hydrogen) atoms. The maximum absolute atomic E-state index is 6.47. The van der Waals surface area contributed by atoms with Crippen LogP contribution in [0.5, 0.6) is 0 Å². The molecule has 0 saturated heterocycles. The van der Waals surface area contributed by atoms with Gasteiger partial charge in [-0.3, -0.25) is 0 Å². The number of thiophene rings is 1. The lowest BCUT2D eigenvalue weighted by Gasteiger charge is -2.28. The van der Waals surface area contributed by atoms with Gasteiger partial charge >= 0.3 is 0 Å². The molecule has 0 aliphatic heterocycles. The molecule has 0 radical (unpaired) electrons. The Hall–Kier alpha value is -6.94. The SMILES string of the molecule is c1cc(-c2ccc(-c3cccc4ccccc34)cc2)cc(N(c2ccc3c(c2)oc2ccccc23)c2ccccc2-c2cccc3sc4ccccc4c23)c1. The van der Waals surface area contributed by atoms with Crippen molar-refractivity contribution >= 4 is 81.3 Å². The van der Waals surface area contributed by atoms with E-state index in [2.05, 4.69) is 193 Å². The first-order valence-corrected chi connectivity index (χ1v) is 19.5. The first-order valence-electron chi connectivity index (χ1n) is 18.7. The maximum Gasteiger partial charge on any atom is 0.137 e. The van der Waals surface area contributed by atoms with E-state index in [9.17, 15) is 0 Å². The van der Waals surface area contributed by atoms with E-state index in [-0.39, 0.29) is 0 Å². The maximum atomic E-state index is 6.47. The zero-order valence-corrected chi connectivity index (χ0v) is 30.6. The van der Waals surface area contributed by atoms with E-state index in [1.807, 2.05) is 23.5 Å². The number of rotatable bonds is 6. The molecule has 11 rings (SSSR count). The number of hydrogen-bond donors (Lipinski definition) is 0. The minimum absolute atomic E-state index is 0.868. The van der Waals surface area contributed by atoms with Gasteiger partial charge in [0.25, 0.3) is 0 Å². The summed E-state index contributed by atoms with van der Waals surface area (Å²) in [7, 11) is 0. The number of furan rings is 1. The van der Waals surface area contributed by atoms with Gasteiger partial charge in [0.1, 0.15) is 11.2 Å². The van der Waals surface area contributed by atoms with Gasteiger partial charge in [0.15, 0.2) is 0 Å². The minimum atomic E-state index is 0.868. The van der Waals surface area contributed by atoms with Gasteiger partial charge in [-0.2, -0.15) is 0 Å². The van der Waals surface area contributed by atoms with Gasteiger partial charge in [0.05, 0.1) is 5.69 Å². The monoisotopic (exact) mass is 719 g/mol. The van der Waals surface area contributed by atoms with Crippen LogP contribution in [0.1, 0.15) is 0 Å². The van der Waals surface area contributed by atoms with Crippen molar-refractivity contribution in [1.29, 1.82) is 0 Å². The molecule has 0 spiro atoms. The molecule has 0 unspecified atom stereocenters. The van der Waals surface area contributed by atoms with Gasteiger partial charge in [0, 0.05) is 53.9 Å². The summed E-state index contributed by atoms with van der Waals surface area (Å²) < 4.78 is 9.06. The second-order valence-electron chi connectivity index (χ2n) is 14.1. The predicted octanol–water partition coefficient (Wildman–Crippen LogP) is 15.6. The van der Waals surface area contributed by atoms with Crippen LogP contribution in [-0.4, -0.2) is 0 Å². The lowest BCUT2D eigenvalue weighted by molar-refractivity contribution is 0.669. The summed E-state index contributed by atoms with van der Waals surface area (Å²) in [4.78, 5) is 2.39. The van der Waals surface area contributed by atoms with Gasteiger partial charge < -0.3 is 9.32 Å². The molecule has 0 amide bonds. The van der Waals surface area contributed by atoms with Crippen LogP contribution in [0.2, 0.25) is 0 Å². The first-order chi connectivity index (χ1) is 27.3. The highest BCUT2D eigenvalue weighted by Crippen LogP contribution is 2.47. The van der Waals surface area contributed by atoms with E-state index in [4.69, 9.17) is 4.42 Å². The molecule has 0 aliphatic rings. The van der Waals surface area contributed by atoms with Crippen LogP contribution in [-0.2, 0) is 0 Å². The molecular formula is C52H33NOS. The standard InChI is InChI=1S/C52H33NOS/c1-2-16-40-35(12-1)13-10-20-41(40)36-28-26-34(27-29-36)37-14-9-15-38(32-37)53(39-30-31-44-43-18-4-7-23-48(43)54-49(44)33-39)47-22-6-3-17-42(47)45-21-11-25-51-52(45)46-19-5-8-24-50(46)55-51/h1-33H. The molecule has 11 aromatic rings. The summed E-state index contributed by atoms with van der Waals surface area (Å²) >= 11 is 1.85. The third kappa shape index (κ3) is 5.32. The number of anilines is 3. The number of benzene rings is 9. The van der Waals surface area contributed by atoms with Crippen molar-refractivity contribution in [1.82, 2.24) is 0 Å². The molecule has 0 bridgehead atoms. The van der Waals surface area contributed by atoms with Crippen LogP contribution in [0.3, 0.4) is 0 Å². The van der Waals surface area contributed by atoms with E-state index < -0.39 is 0 Å². The summed E-state index contributed by atoms with van der Waals surface area (Å²) in [6.07, 6.45) is 0. The van der Waals surface area contributed by atoms with Crippen LogP contribution in [0.15, 0.2) is 205 Å². The van der Waals surface area contributed by atoms with Crippen molar-refractivity contribution < 1.29 is 4.42 Å². The van der Waals surface area contributed by atoms with Crippen LogP contribution in [0, 0.1) is 0 Å². The van der Waals surface area contributed by atoms with Gasteiger partial charge in [-0.05, 0) is 87.1 Å². The van der Waals surface area contributed by atoms with Crippen LogP contribution < -0.4 is 4.90 Å². The Kier molecular flexibility index (Phi) is 7.39. The summed E-state index contributed by atoms with van der Waals surface area (Å²) in [6.45, 7) is 0. The zero-order valence-electron chi connectivity index (χ0n) is 29.8. The highest BCUT2D eigenvalue weighted by atomic mass is 32.1. The number of nitrogens with zero attached hydrogens (tertiary/aromatic N) is 1. The van der Waals surface area contributed by atoms with Gasteiger partial charge in [-0.1, -0.05) is 146 Å². The van der Waals surface area contributed by atoms with E-state index in [0.29, 0.717) is 0 Å². The van der Waals surface area contributed by atoms with E-state index in [1.165, 1.54) is 58.8 Å². The van der Waals surface area contributed by atoms with Crippen molar-refractivity contribution in [3.63, 3.8) is 0 Å². The van der Waals surface area contributed by atoms with Crippen molar-refractivity contribution in [2.45, 2.75) is 0 Å². The summed E-state index contributed by atoms with van der Waals surface area (Å²) in [5, 5.41) is 7.34. The fraction of sp³-hybridized carbons (Fsp3) is 0. The van der Waals surface area contributed by atoms with Gasteiger partial charge in [-0.15, -0.1) is 11.3 Å². The Morgan fingerprint density at radius 2 is 1.00 bits per heavy atom. The lowest BCUT2D eigenvalue weighted by atomic mass is 9.95. The highest BCUT2D eigenvalue weighted by molar-refractivity contribution is 7.25. The third-order valence-corrected chi connectivity index (χ3v) is 12.0. The molecule has 0 N–H and O–H groups in total. The van der Waals surface area contributed by atoms with Crippen molar-refractivity contribution in [3.8, 4) is 33.4 Å². The topological polar surface area (TPSA) is 16.4 Å². The number of para-hydroxylation sites is 2. The largest absolute Gasteiger partial charge is 0.456 e. The second kappa shape index (κ2) is 12.9.